The first-order valence-corrected chi connectivity index (χ1v) is 14.2. The van der Waals surface area contributed by atoms with Crippen LogP contribution in [0, 0.1) is 11.8 Å². The first kappa shape index (κ1) is 24.0. The summed E-state index contributed by atoms with van der Waals surface area (Å²) in [5.41, 5.74) is -0.499. The van der Waals surface area contributed by atoms with Crippen molar-refractivity contribution >= 4 is 24.8 Å². The lowest BCUT2D eigenvalue weighted by Crippen LogP contribution is -2.67. The molecule has 0 aromatic heterocycles. The lowest BCUT2D eigenvalue weighted by atomic mass is 10.0. The molecular weight excluding hydrogens is 426 g/mol. The molecule has 4 nitrogen and oxygen atoms in total. The third-order valence-corrected chi connectivity index (χ3v) is 12.1. The monoisotopic (exact) mass is 465 g/mol. The molecule has 0 radical (unpaired) electrons. The van der Waals surface area contributed by atoms with Crippen LogP contribution in [0.4, 0.5) is 4.79 Å². The fourth-order valence-electron chi connectivity index (χ4n) is 5.39. The largest absolute Gasteiger partial charge is 0.444 e. The summed E-state index contributed by atoms with van der Waals surface area (Å²) in [6.07, 6.45) is 2.01. The minimum Gasteiger partial charge on any atom is -0.444 e. The van der Waals surface area contributed by atoms with Crippen LogP contribution < -0.4 is 10.4 Å². The van der Waals surface area contributed by atoms with E-state index in [4.69, 9.17) is 9.16 Å². The zero-order valence-corrected chi connectivity index (χ0v) is 22.0. The van der Waals surface area contributed by atoms with Gasteiger partial charge in [0.2, 0.25) is 0 Å². The molecule has 5 heteroatoms. The third-order valence-electron chi connectivity index (χ3n) is 7.05. The van der Waals surface area contributed by atoms with Gasteiger partial charge in [-0.25, -0.2) is 4.79 Å². The van der Waals surface area contributed by atoms with Crippen molar-refractivity contribution in [3.8, 4) is 0 Å². The molecule has 2 aromatic rings. The molecule has 2 fully saturated rings. The van der Waals surface area contributed by atoms with E-state index in [9.17, 15) is 4.79 Å². The van der Waals surface area contributed by atoms with Gasteiger partial charge in [0.05, 0.1) is 12.6 Å². The second kappa shape index (κ2) is 8.92. The fraction of sp³-hybridized carbons (Fsp3) is 0.536. The molecule has 178 valence electrons. The maximum Gasteiger partial charge on any atom is 0.410 e. The molecule has 1 heterocycles. The van der Waals surface area contributed by atoms with E-state index in [1.165, 1.54) is 16.8 Å². The maximum atomic E-state index is 13.1. The summed E-state index contributed by atoms with van der Waals surface area (Å²) in [5, 5.41) is 2.46. The van der Waals surface area contributed by atoms with E-state index in [1.54, 1.807) is 0 Å². The summed E-state index contributed by atoms with van der Waals surface area (Å²) in [6.45, 7) is 14.0. The highest BCUT2D eigenvalue weighted by Gasteiger charge is 2.52. The second-order valence-corrected chi connectivity index (χ2v) is 16.1. The van der Waals surface area contributed by atoms with Gasteiger partial charge in [0.1, 0.15) is 5.60 Å². The van der Waals surface area contributed by atoms with Crippen LogP contribution in [-0.4, -0.2) is 44.1 Å². The standard InChI is InChI=1S/C28H39NO3Si/c1-27(2,3)32-26(30)29-19-22-17-21(22)18-23(29)20-31-33(28(4,5)6,24-13-9-7-10-14-24)25-15-11-8-12-16-25/h7-16,21-23H,17-20H2,1-6H3/t21?,22-,23-/m0/s1. The van der Waals surface area contributed by atoms with Crippen molar-refractivity contribution in [2.24, 2.45) is 11.8 Å². The summed E-state index contributed by atoms with van der Waals surface area (Å²) < 4.78 is 13.0. The van der Waals surface area contributed by atoms with E-state index >= 15 is 0 Å². The highest BCUT2D eigenvalue weighted by Crippen LogP contribution is 2.48. The first-order chi connectivity index (χ1) is 15.5. The number of hydrogen-bond acceptors (Lipinski definition) is 3. The Balaban J connectivity index is 1.67. The van der Waals surface area contributed by atoms with Crippen LogP contribution in [0.3, 0.4) is 0 Å². The third kappa shape index (κ3) is 5.04. The van der Waals surface area contributed by atoms with Crippen LogP contribution in [0.1, 0.15) is 54.4 Å². The van der Waals surface area contributed by atoms with Gasteiger partial charge in [0, 0.05) is 6.54 Å². The van der Waals surface area contributed by atoms with Gasteiger partial charge in [0.25, 0.3) is 8.32 Å². The predicted molar refractivity (Wildman–Crippen MR) is 137 cm³/mol. The highest BCUT2D eigenvalue weighted by molar-refractivity contribution is 6.99. The number of piperidine rings is 1. The normalized spacial score (nSPS) is 23.1. The lowest BCUT2D eigenvalue weighted by molar-refractivity contribution is 0.00166. The number of likely N-dealkylation sites (tertiary alicyclic amines) is 1. The van der Waals surface area contributed by atoms with Crippen molar-refractivity contribution in [2.75, 3.05) is 13.2 Å². The SMILES string of the molecule is CC(C)(C)OC(=O)N1C[C@@H]2CC2C[C@H]1CO[Si](c1ccccc1)(c1ccccc1)C(C)(C)C. The van der Waals surface area contributed by atoms with Gasteiger partial charge in [-0.3, -0.25) is 0 Å². The molecule has 2 aliphatic rings. The molecule has 4 rings (SSSR count). The van der Waals surface area contributed by atoms with Gasteiger partial charge >= 0.3 is 6.09 Å². The molecule has 3 atom stereocenters. The van der Waals surface area contributed by atoms with Gasteiger partial charge < -0.3 is 14.1 Å². The Morgan fingerprint density at radius 1 is 0.879 bits per heavy atom. The minimum atomic E-state index is -2.63. The van der Waals surface area contributed by atoms with E-state index in [-0.39, 0.29) is 17.2 Å². The molecular formula is C28H39NO3Si. The van der Waals surface area contributed by atoms with Crippen LogP contribution in [0.2, 0.25) is 5.04 Å². The molecule has 1 aliphatic heterocycles. The predicted octanol–water partition coefficient (Wildman–Crippen LogP) is 5.21. The van der Waals surface area contributed by atoms with Gasteiger partial charge in [-0.1, -0.05) is 81.4 Å². The zero-order chi connectivity index (χ0) is 23.9. The van der Waals surface area contributed by atoms with Crippen LogP contribution in [0.15, 0.2) is 60.7 Å². The zero-order valence-electron chi connectivity index (χ0n) is 21.0. The Hall–Kier alpha value is -2.11. The van der Waals surface area contributed by atoms with E-state index in [1.807, 2.05) is 25.7 Å². The van der Waals surface area contributed by atoms with Crippen LogP contribution in [-0.2, 0) is 9.16 Å². The number of nitrogens with zero attached hydrogens (tertiary/aromatic N) is 1. The topological polar surface area (TPSA) is 38.8 Å². The molecule has 33 heavy (non-hydrogen) atoms. The molecule has 1 aliphatic carbocycles. The van der Waals surface area contributed by atoms with Crippen LogP contribution in [0.5, 0.6) is 0 Å². The Labute approximate surface area is 200 Å². The van der Waals surface area contributed by atoms with E-state index in [0.29, 0.717) is 12.5 Å². The molecule has 0 bridgehead atoms. The Morgan fingerprint density at radius 3 is 1.91 bits per heavy atom. The number of hydrogen-bond donors (Lipinski definition) is 0. The van der Waals surface area contributed by atoms with Crippen molar-refractivity contribution in [3.63, 3.8) is 0 Å². The second-order valence-electron chi connectivity index (χ2n) is 11.8. The van der Waals surface area contributed by atoms with Crippen molar-refractivity contribution in [1.82, 2.24) is 4.90 Å². The lowest BCUT2D eigenvalue weighted by Gasteiger charge is -2.45. The van der Waals surface area contributed by atoms with Crippen molar-refractivity contribution in [3.05, 3.63) is 60.7 Å². The quantitative estimate of drug-likeness (QED) is 0.569. The summed E-state index contributed by atoms with van der Waals surface area (Å²) in [6, 6.07) is 21.5. The van der Waals surface area contributed by atoms with Crippen molar-refractivity contribution < 1.29 is 14.0 Å². The number of fused-ring (bicyclic) bond motifs is 1. The summed E-state index contributed by atoms with van der Waals surface area (Å²) in [4.78, 5) is 15.1. The summed E-state index contributed by atoms with van der Waals surface area (Å²) >= 11 is 0. The molecule has 0 N–H and O–H groups in total. The molecule has 0 spiro atoms. The summed E-state index contributed by atoms with van der Waals surface area (Å²) in [7, 11) is -2.63. The van der Waals surface area contributed by atoms with Gasteiger partial charge in [0.15, 0.2) is 0 Å². The van der Waals surface area contributed by atoms with Crippen LogP contribution >= 0.6 is 0 Å². The maximum absolute atomic E-state index is 13.1. The molecule has 1 saturated heterocycles. The molecule has 1 amide bonds. The van der Waals surface area contributed by atoms with Crippen LogP contribution in [0.25, 0.3) is 0 Å². The number of benzene rings is 2. The summed E-state index contributed by atoms with van der Waals surface area (Å²) in [5.74, 6) is 1.35. The molecule has 1 unspecified atom stereocenters. The van der Waals surface area contributed by atoms with Gasteiger partial charge in [-0.05, 0) is 60.9 Å². The number of rotatable bonds is 5. The smallest absolute Gasteiger partial charge is 0.410 e. The van der Waals surface area contributed by atoms with E-state index < -0.39 is 13.9 Å². The van der Waals surface area contributed by atoms with E-state index in [2.05, 4.69) is 81.4 Å². The van der Waals surface area contributed by atoms with Gasteiger partial charge in [-0.2, -0.15) is 0 Å². The Bertz CT molecular complexity index is 909. The first-order valence-electron chi connectivity index (χ1n) is 12.3. The average Bonchev–Trinajstić information content (AvgIpc) is 3.51. The van der Waals surface area contributed by atoms with Gasteiger partial charge in [-0.15, -0.1) is 0 Å². The highest BCUT2D eigenvalue weighted by atomic mass is 28.4. The van der Waals surface area contributed by atoms with Crippen molar-refractivity contribution in [1.29, 1.82) is 0 Å². The van der Waals surface area contributed by atoms with Crippen molar-refractivity contribution in [2.45, 2.75) is 71.1 Å². The van der Waals surface area contributed by atoms with E-state index in [0.717, 1.165) is 18.9 Å². The molecule has 1 saturated carbocycles. The molecule has 2 aromatic carbocycles. The Morgan fingerprint density at radius 2 is 1.42 bits per heavy atom. The Kier molecular flexibility index (Phi) is 6.49. The number of carbonyl (C=O) groups excluding carboxylic acids is 1. The fourth-order valence-corrected chi connectivity index (χ4v) is 9.98. The average molecular weight is 466 g/mol. The number of ether oxygens (including phenoxy) is 1. The minimum absolute atomic E-state index is 0.0465. The number of carbonyl (C=O) groups is 1. The number of amides is 1.